The lowest BCUT2D eigenvalue weighted by Gasteiger charge is -2.17. The van der Waals surface area contributed by atoms with Gasteiger partial charge in [-0.05, 0) is 43.3 Å². The zero-order valence-electron chi connectivity index (χ0n) is 18.0. The standard InChI is InChI=1S/C25H23Cl2N3O3/c1-16-6-9-20(10-7-16)30-14-18(12-24(30)31)25(32)29-28-19-8-11-23(22(27)13-19)33-15-17-4-2-3-5-21(17)26/h2-11,13,18,28H,12,14-15H2,1H3,(H,29,32)/t18-/m1/s1. The van der Waals surface area contributed by atoms with Crippen molar-refractivity contribution < 1.29 is 14.3 Å². The molecule has 1 aliphatic heterocycles. The van der Waals surface area contributed by atoms with E-state index < -0.39 is 5.92 Å². The van der Waals surface area contributed by atoms with Crippen LogP contribution in [-0.2, 0) is 16.2 Å². The molecule has 0 aromatic heterocycles. The molecular formula is C25H23Cl2N3O3. The van der Waals surface area contributed by atoms with Crippen molar-refractivity contribution in [2.75, 3.05) is 16.9 Å². The van der Waals surface area contributed by atoms with E-state index in [1.165, 1.54) is 0 Å². The predicted molar refractivity (Wildman–Crippen MR) is 131 cm³/mol. The fourth-order valence-corrected chi connectivity index (χ4v) is 3.99. The molecule has 0 saturated carbocycles. The van der Waals surface area contributed by atoms with E-state index >= 15 is 0 Å². The molecule has 2 N–H and O–H groups in total. The van der Waals surface area contributed by atoms with Crippen LogP contribution < -0.4 is 20.5 Å². The average Bonchev–Trinajstić information content (AvgIpc) is 3.20. The molecule has 1 fully saturated rings. The van der Waals surface area contributed by atoms with Gasteiger partial charge in [0.05, 0.1) is 16.6 Å². The molecule has 0 radical (unpaired) electrons. The molecule has 1 saturated heterocycles. The minimum atomic E-state index is -0.444. The van der Waals surface area contributed by atoms with E-state index in [9.17, 15) is 9.59 Å². The smallest absolute Gasteiger partial charge is 0.243 e. The summed E-state index contributed by atoms with van der Waals surface area (Å²) in [7, 11) is 0. The summed E-state index contributed by atoms with van der Waals surface area (Å²) in [5.74, 6) is -0.265. The lowest BCUT2D eigenvalue weighted by Crippen LogP contribution is -2.36. The highest BCUT2D eigenvalue weighted by atomic mass is 35.5. The first-order valence-corrected chi connectivity index (χ1v) is 11.2. The second-order valence-corrected chi connectivity index (χ2v) is 8.69. The Morgan fingerprint density at radius 2 is 1.82 bits per heavy atom. The SMILES string of the molecule is Cc1ccc(N2C[C@H](C(=O)NNc3ccc(OCc4ccccc4Cl)c(Cl)c3)CC2=O)cc1. The molecule has 2 amide bonds. The van der Waals surface area contributed by atoms with Gasteiger partial charge in [-0.3, -0.25) is 20.4 Å². The normalized spacial score (nSPS) is 15.4. The fraction of sp³-hybridized carbons (Fsp3) is 0.200. The fourth-order valence-electron chi connectivity index (χ4n) is 3.56. The summed E-state index contributed by atoms with van der Waals surface area (Å²) in [6.45, 7) is 2.61. The van der Waals surface area contributed by atoms with E-state index in [0.29, 0.717) is 28.0 Å². The number of hydrogen-bond donors (Lipinski definition) is 2. The molecule has 0 spiro atoms. The van der Waals surface area contributed by atoms with Crippen LogP contribution >= 0.6 is 23.2 Å². The number of anilines is 2. The molecule has 1 atom stereocenters. The maximum Gasteiger partial charge on any atom is 0.243 e. The highest BCUT2D eigenvalue weighted by Gasteiger charge is 2.35. The number of carbonyl (C=O) groups is 2. The Kier molecular flexibility index (Phi) is 7.06. The molecule has 0 aliphatic carbocycles. The van der Waals surface area contributed by atoms with Crippen molar-refractivity contribution in [1.29, 1.82) is 0 Å². The molecule has 4 rings (SSSR count). The quantitative estimate of drug-likeness (QED) is 0.442. The van der Waals surface area contributed by atoms with Crippen molar-refractivity contribution in [1.82, 2.24) is 5.43 Å². The van der Waals surface area contributed by atoms with Gasteiger partial charge in [0.2, 0.25) is 11.8 Å². The van der Waals surface area contributed by atoms with Crippen LogP contribution in [0.2, 0.25) is 10.0 Å². The summed E-state index contributed by atoms with van der Waals surface area (Å²) in [6, 6.07) is 20.2. The molecule has 3 aromatic carbocycles. The molecule has 1 heterocycles. The van der Waals surface area contributed by atoms with E-state index in [1.807, 2.05) is 49.4 Å². The number of nitrogens with one attached hydrogen (secondary N) is 2. The first-order chi connectivity index (χ1) is 15.9. The van der Waals surface area contributed by atoms with Gasteiger partial charge in [-0.25, -0.2) is 0 Å². The number of nitrogens with zero attached hydrogens (tertiary/aromatic N) is 1. The summed E-state index contributed by atoms with van der Waals surface area (Å²) in [4.78, 5) is 26.7. The Labute approximate surface area is 202 Å². The number of benzene rings is 3. The number of amides is 2. The zero-order chi connectivity index (χ0) is 23.4. The minimum Gasteiger partial charge on any atom is -0.487 e. The summed E-state index contributed by atoms with van der Waals surface area (Å²) in [5.41, 5.74) is 8.89. The second-order valence-electron chi connectivity index (χ2n) is 7.88. The lowest BCUT2D eigenvalue weighted by atomic mass is 10.1. The summed E-state index contributed by atoms with van der Waals surface area (Å²) >= 11 is 12.5. The van der Waals surface area contributed by atoms with Crippen LogP contribution in [0.25, 0.3) is 0 Å². The second kappa shape index (κ2) is 10.1. The molecule has 6 nitrogen and oxygen atoms in total. The van der Waals surface area contributed by atoms with Crippen LogP contribution in [0, 0.1) is 12.8 Å². The average molecular weight is 484 g/mol. The zero-order valence-corrected chi connectivity index (χ0v) is 19.5. The first kappa shape index (κ1) is 23.0. The summed E-state index contributed by atoms with van der Waals surface area (Å²) < 4.78 is 5.76. The Morgan fingerprint density at radius 3 is 2.55 bits per heavy atom. The summed E-state index contributed by atoms with van der Waals surface area (Å²) in [6.07, 6.45) is 0.164. The van der Waals surface area contributed by atoms with Gasteiger partial charge in [0, 0.05) is 29.2 Å². The molecule has 3 aromatic rings. The molecule has 170 valence electrons. The van der Waals surface area contributed by atoms with Crippen LogP contribution in [0.3, 0.4) is 0 Å². The maximum atomic E-state index is 12.6. The maximum absolute atomic E-state index is 12.6. The molecule has 0 bridgehead atoms. The van der Waals surface area contributed by atoms with E-state index in [4.69, 9.17) is 27.9 Å². The van der Waals surface area contributed by atoms with Crippen LogP contribution in [0.15, 0.2) is 66.7 Å². The largest absolute Gasteiger partial charge is 0.487 e. The Hall–Kier alpha value is -3.22. The van der Waals surface area contributed by atoms with E-state index in [-0.39, 0.29) is 24.8 Å². The van der Waals surface area contributed by atoms with Crippen molar-refractivity contribution in [2.45, 2.75) is 20.0 Å². The number of hydrazine groups is 1. The van der Waals surface area contributed by atoms with Crippen molar-refractivity contribution >= 4 is 46.4 Å². The topological polar surface area (TPSA) is 70.7 Å². The van der Waals surface area contributed by atoms with Gasteiger partial charge in [0.1, 0.15) is 12.4 Å². The van der Waals surface area contributed by atoms with Gasteiger partial charge in [-0.15, -0.1) is 0 Å². The Bertz CT molecular complexity index is 1170. The van der Waals surface area contributed by atoms with Crippen molar-refractivity contribution in [2.24, 2.45) is 5.92 Å². The van der Waals surface area contributed by atoms with Crippen molar-refractivity contribution in [3.63, 3.8) is 0 Å². The third-order valence-corrected chi connectivity index (χ3v) is 6.11. The van der Waals surface area contributed by atoms with Gasteiger partial charge >= 0.3 is 0 Å². The number of ether oxygens (including phenoxy) is 1. The number of rotatable bonds is 7. The van der Waals surface area contributed by atoms with E-state index in [0.717, 1.165) is 16.8 Å². The Balaban J connectivity index is 1.31. The third kappa shape index (κ3) is 5.59. The van der Waals surface area contributed by atoms with Crippen LogP contribution in [0.4, 0.5) is 11.4 Å². The van der Waals surface area contributed by atoms with Crippen LogP contribution in [0.1, 0.15) is 17.5 Å². The lowest BCUT2D eigenvalue weighted by molar-refractivity contribution is -0.125. The molecule has 33 heavy (non-hydrogen) atoms. The first-order valence-electron chi connectivity index (χ1n) is 10.5. The van der Waals surface area contributed by atoms with Gasteiger partial charge in [0.15, 0.2) is 0 Å². The van der Waals surface area contributed by atoms with Gasteiger partial charge in [-0.2, -0.15) is 0 Å². The highest BCUT2D eigenvalue weighted by molar-refractivity contribution is 6.32. The van der Waals surface area contributed by atoms with Crippen LogP contribution in [-0.4, -0.2) is 18.4 Å². The van der Waals surface area contributed by atoms with E-state index in [1.54, 1.807) is 29.2 Å². The number of aryl methyl sites for hydroxylation is 1. The van der Waals surface area contributed by atoms with Crippen molar-refractivity contribution in [3.05, 3.63) is 87.9 Å². The predicted octanol–water partition coefficient (Wildman–Crippen LogP) is 5.38. The molecule has 8 heteroatoms. The van der Waals surface area contributed by atoms with Gasteiger partial charge < -0.3 is 9.64 Å². The van der Waals surface area contributed by atoms with Gasteiger partial charge in [-0.1, -0.05) is 59.1 Å². The van der Waals surface area contributed by atoms with Crippen molar-refractivity contribution in [3.8, 4) is 5.75 Å². The molecular weight excluding hydrogens is 461 g/mol. The number of hydrogen-bond acceptors (Lipinski definition) is 4. The van der Waals surface area contributed by atoms with Crippen LogP contribution in [0.5, 0.6) is 5.75 Å². The summed E-state index contributed by atoms with van der Waals surface area (Å²) in [5, 5.41) is 1.02. The minimum absolute atomic E-state index is 0.0675. The highest BCUT2D eigenvalue weighted by Crippen LogP contribution is 2.29. The monoisotopic (exact) mass is 483 g/mol. The third-order valence-electron chi connectivity index (χ3n) is 5.44. The molecule has 0 unspecified atom stereocenters. The number of halogens is 2. The van der Waals surface area contributed by atoms with E-state index in [2.05, 4.69) is 10.9 Å². The number of carbonyl (C=O) groups excluding carboxylic acids is 2. The van der Waals surface area contributed by atoms with Gasteiger partial charge in [0.25, 0.3) is 0 Å². The Morgan fingerprint density at radius 1 is 1.06 bits per heavy atom. The molecule has 1 aliphatic rings.